The zero-order valence-electron chi connectivity index (χ0n) is 17.2. The highest BCUT2D eigenvalue weighted by Crippen LogP contribution is 2.50. The van der Waals surface area contributed by atoms with Crippen molar-refractivity contribution in [2.45, 2.75) is 57.6 Å². The van der Waals surface area contributed by atoms with Crippen LogP contribution in [0.1, 0.15) is 61.9 Å². The number of amides is 1. The smallest absolute Gasteiger partial charge is 0.407 e. The Morgan fingerprint density at radius 1 is 1.28 bits per heavy atom. The summed E-state index contributed by atoms with van der Waals surface area (Å²) in [6, 6.07) is -0.237. The summed E-state index contributed by atoms with van der Waals surface area (Å²) < 4.78 is 26.1. The highest BCUT2D eigenvalue weighted by atomic mass is 19.1. The molecule has 9 heteroatoms. The van der Waals surface area contributed by atoms with Crippen LogP contribution in [-0.4, -0.2) is 49.0 Å². The molecule has 1 aromatic carbocycles. The van der Waals surface area contributed by atoms with E-state index in [1.807, 2.05) is 0 Å². The van der Waals surface area contributed by atoms with Crippen molar-refractivity contribution in [3.05, 3.63) is 16.9 Å². The van der Waals surface area contributed by atoms with Crippen LogP contribution in [-0.2, 0) is 4.74 Å². The van der Waals surface area contributed by atoms with E-state index in [1.165, 1.54) is 7.11 Å². The van der Waals surface area contributed by atoms with Crippen LogP contribution in [0.4, 0.5) is 20.6 Å². The highest BCUT2D eigenvalue weighted by molar-refractivity contribution is 5.99. The number of halogens is 1. The number of carbonyl (C=O) groups excluding carboxylic acids is 1. The molecule has 29 heavy (non-hydrogen) atoms. The second kappa shape index (κ2) is 7.61. The van der Waals surface area contributed by atoms with Gasteiger partial charge >= 0.3 is 12.1 Å². The quantitative estimate of drug-likeness (QED) is 0.640. The lowest BCUT2D eigenvalue weighted by Crippen LogP contribution is -2.40. The Hall–Kier alpha value is -2.71. The summed E-state index contributed by atoms with van der Waals surface area (Å²) in [5.74, 6) is -2.00. The number of carbonyl (C=O) groups is 2. The molecule has 1 saturated heterocycles. The number of nitrogens with two attached hydrogens (primary N) is 1. The van der Waals surface area contributed by atoms with Gasteiger partial charge in [0.2, 0.25) is 0 Å². The summed E-state index contributed by atoms with van der Waals surface area (Å²) in [6.45, 7) is 6.13. The standard InChI is InChI=1S/C20H28FN3O5/c1-20(2,3)29-19(27)23-11-7-8-24(9-11)16-14(21)12(10-5-6-10)13(18(25)26)15(22)17(16)28-4/h10-11H,5-9,22H2,1-4H3,(H,23,27)(H,25,26). The molecular weight excluding hydrogens is 381 g/mol. The third kappa shape index (κ3) is 4.33. The fourth-order valence-corrected chi connectivity index (χ4v) is 3.75. The Kier molecular flexibility index (Phi) is 5.51. The molecule has 1 aromatic rings. The lowest BCUT2D eigenvalue weighted by Gasteiger charge is -2.26. The van der Waals surface area contributed by atoms with E-state index < -0.39 is 23.5 Å². The zero-order chi connectivity index (χ0) is 21.5. The van der Waals surface area contributed by atoms with E-state index in [0.29, 0.717) is 19.5 Å². The number of ether oxygens (including phenoxy) is 2. The Bertz CT molecular complexity index is 833. The topological polar surface area (TPSA) is 114 Å². The van der Waals surface area contributed by atoms with Gasteiger partial charge in [-0.1, -0.05) is 0 Å². The molecule has 1 unspecified atom stereocenters. The van der Waals surface area contributed by atoms with Crippen LogP contribution in [0.5, 0.6) is 5.75 Å². The lowest BCUT2D eigenvalue weighted by molar-refractivity contribution is 0.0508. The molecule has 1 saturated carbocycles. The Morgan fingerprint density at radius 2 is 1.93 bits per heavy atom. The minimum absolute atomic E-state index is 0.0159. The van der Waals surface area contributed by atoms with Gasteiger partial charge in [0.1, 0.15) is 11.3 Å². The summed E-state index contributed by atoms with van der Waals surface area (Å²) in [5, 5.41) is 12.4. The number of nitrogen functional groups attached to an aromatic ring is 1. The van der Waals surface area contributed by atoms with Crippen LogP contribution in [0.3, 0.4) is 0 Å². The van der Waals surface area contributed by atoms with Gasteiger partial charge in [0.25, 0.3) is 0 Å². The van der Waals surface area contributed by atoms with Crippen LogP contribution in [0, 0.1) is 5.82 Å². The number of carboxylic acid groups (broad SMARTS) is 1. The van der Waals surface area contributed by atoms with E-state index in [2.05, 4.69) is 5.32 Å². The number of alkyl carbamates (subject to hydrolysis) is 1. The SMILES string of the molecule is COc1c(N)c(C(=O)O)c(C2CC2)c(F)c1N1CCC(NC(=O)OC(C)(C)C)C1. The molecular formula is C20H28FN3O5. The Morgan fingerprint density at radius 3 is 2.45 bits per heavy atom. The minimum atomic E-state index is -1.26. The molecule has 8 nitrogen and oxygen atoms in total. The molecule has 1 aliphatic heterocycles. The van der Waals surface area contributed by atoms with Crippen molar-refractivity contribution in [1.29, 1.82) is 0 Å². The summed E-state index contributed by atoms with van der Waals surface area (Å²) in [6.07, 6.45) is 1.51. The fraction of sp³-hybridized carbons (Fsp3) is 0.600. The largest absolute Gasteiger partial charge is 0.492 e. The molecule has 1 heterocycles. The van der Waals surface area contributed by atoms with Gasteiger partial charge in [-0.2, -0.15) is 0 Å². The van der Waals surface area contributed by atoms with Gasteiger partial charge < -0.3 is 30.5 Å². The number of benzene rings is 1. The van der Waals surface area contributed by atoms with E-state index in [0.717, 1.165) is 12.8 Å². The summed E-state index contributed by atoms with van der Waals surface area (Å²) in [7, 11) is 1.34. The van der Waals surface area contributed by atoms with Crippen molar-refractivity contribution in [3.8, 4) is 5.75 Å². The van der Waals surface area contributed by atoms with Gasteiger partial charge in [-0.3, -0.25) is 0 Å². The molecule has 4 N–H and O–H groups in total. The maximum absolute atomic E-state index is 15.5. The molecule has 0 aromatic heterocycles. The zero-order valence-corrected chi connectivity index (χ0v) is 17.2. The van der Waals surface area contributed by atoms with E-state index in [4.69, 9.17) is 15.2 Å². The third-order valence-electron chi connectivity index (χ3n) is 5.07. The predicted octanol–water partition coefficient (Wildman–Crippen LogP) is 3.10. The van der Waals surface area contributed by atoms with Crippen LogP contribution >= 0.6 is 0 Å². The monoisotopic (exact) mass is 409 g/mol. The predicted molar refractivity (Wildman–Crippen MR) is 106 cm³/mol. The number of hydrogen-bond donors (Lipinski definition) is 3. The first-order valence-corrected chi connectivity index (χ1v) is 9.70. The number of hydrogen-bond acceptors (Lipinski definition) is 6. The first-order valence-electron chi connectivity index (χ1n) is 9.70. The number of aromatic carboxylic acids is 1. The molecule has 2 fully saturated rings. The van der Waals surface area contributed by atoms with E-state index >= 15 is 4.39 Å². The average molecular weight is 409 g/mol. The first-order chi connectivity index (χ1) is 13.5. The maximum atomic E-state index is 15.5. The third-order valence-corrected chi connectivity index (χ3v) is 5.07. The highest BCUT2D eigenvalue weighted by Gasteiger charge is 2.39. The number of nitrogens with one attached hydrogen (secondary N) is 1. The molecule has 0 bridgehead atoms. The van der Waals surface area contributed by atoms with Gasteiger partial charge in [-0.25, -0.2) is 14.0 Å². The van der Waals surface area contributed by atoms with Crippen LogP contribution in [0.15, 0.2) is 0 Å². The normalized spacial score (nSPS) is 19.2. The van der Waals surface area contributed by atoms with Crippen molar-refractivity contribution in [2.75, 3.05) is 30.8 Å². The average Bonchev–Trinajstić information content (AvgIpc) is 3.33. The van der Waals surface area contributed by atoms with Gasteiger partial charge in [0, 0.05) is 18.7 Å². The van der Waals surface area contributed by atoms with Crippen LogP contribution < -0.4 is 20.7 Å². The van der Waals surface area contributed by atoms with E-state index in [1.54, 1.807) is 25.7 Å². The summed E-state index contributed by atoms with van der Waals surface area (Å²) in [4.78, 5) is 25.5. The van der Waals surface area contributed by atoms with E-state index in [-0.39, 0.29) is 40.2 Å². The molecule has 1 amide bonds. The van der Waals surface area contributed by atoms with Gasteiger partial charge in [-0.05, 0) is 46.0 Å². The van der Waals surface area contributed by atoms with E-state index in [9.17, 15) is 14.7 Å². The summed E-state index contributed by atoms with van der Waals surface area (Å²) >= 11 is 0. The van der Waals surface area contributed by atoms with Crippen molar-refractivity contribution in [2.24, 2.45) is 0 Å². The molecule has 1 atom stereocenters. The molecule has 3 rings (SSSR count). The number of rotatable bonds is 5. The number of carboxylic acids is 1. The van der Waals surface area contributed by atoms with Crippen molar-refractivity contribution in [3.63, 3.8) is 0 Å². The van der Waals surface area contributed by atoms with Crippen molar-refractivity contribution in [1.82, 2.24) is 5.32 Å². The second-order valence-electron chi connectivity index (χ2n) is 8.56. The van der Waals surface area contributed by atoms with Crippen LogP contribution in [0.25, 0.3) is 0 Å². The van der Waals surface area contributed by atoms with Crippen molar-refractivity contribution < 1.29 is 28.6 Å². The Balaban J connectivity index is 1.89. The molecule has 160 valence electrons. The number of anilines is 2. The summed E-state index contributed by atoms with van der Waals surface area (Å²) in [5.41, 5.74) is 5.50. The van der Waals surface area contributed by atoms with Gasteiger partial charge in [0.05, 0.1) is 24.4 Å². The molecule has 2 aliphatic rings. The minimum Gasteiger partial charge on any atom is -0.492 e. The fourth-order valence-electron chi connectivity index (χ4n) is 3.75. The van der Waals surface area contributed by atoms with Crippen molar-refractivity contribution >= 4 is 23.4 Å². The second-order valence-corrected chi connectivity index (χ2v) is 8.56. The number of nitrogens with zero attached hydrogens (tertiary/aromatic N) is 1. The first kappa shape index (κ1) is 21.0. The molecule has 0 spiro atoms. The van der Waals surface area contributed by atoms with Gasteiger partial charge in [-0.15, -0.1) is 0 Å². The molecule has 1 aliphatic carbocycles. The Labute approximate surface area is 169 Å². The van der Waals surface area contributed by atoms with Gasteiger partial charge in [0.15, 0.2) is 11.6 Å². The maximum Gasteiger partial charge on any atom is 0.407 e. The van der Waals surface area contributed by atoms with Crippen LogP contribution in [0.2, 0.25) is 0 Å². The lowest BCUT2D eigenvalue weighted by atomic mass is 9.97. The number of methoxy groups -OCH3 is 1. The molecule has 0 radical (unpaired) electrons.